The lowest BCUT2D eigenvalue weighted by Gasteiger charge is -1.87. The molecule has 0 unspecified atom stereocenters. The summed E-state index contributed by atoms with van der Waals surface area (Å²) < 4.78 is 0. The van der Waals surface area contributed by atoms with Crippen molar-refractivity contribution in [2.45, 2.75) is 0 Å². The van der Waals surface area contributed by atoms with E-state index < -0.39 is 0 Å². The molecule has 1 heterocycles. The largest absolute Gasteiger partial charge is 0.355 e. The van der Waals surface area contributed by atoms with Crippen LogP contribution >= 0.6 is 0 Å². The summed E-state index contributed by atoms with van der Waals surface area (Å²) in [5, 5.41) is 1.89. The molecule has 1 heteroatoms. The van der Waals surface area contributed by atoms with Gasteiger partial charge in [-0.25, -0.2) is 0 Å². The number of allylic oxidation sites excluding steroid dienone is 1. The minimum atomic E-state index is 0.935. The topological polar surface area (TPSA) is 15.8 Å². The van der Waals surface area contributed by atoms with E-state index in [0.29, 0.717) is 0 Å². The van der Waals surface area contributed by atoms with Gasteiger partial charge in [0.15, 0.2) is 0 Å². The summed E-state index contributed by atoms with van der Waals surface area (Å²) in [5.74, 6) is 0. The van der Waals surface area contributed by atoms with Crippen LogP contribution in [0.4, 0.5) is 0 Å². The second-order valence-corrected chi connectivity index (χ2v) is 2.66. The predicted octanol–water partition coefficient (Wildman–Crippen LogP) is 1.68. The molecule has 0 saturated heterocycles. The lowest BCUT2D eigenvalue weighted by molar-refractivity contribution is 1.30. The average molecular weight is 171 g/mol. The minimum Gasteiger partial charge on any atom is -0.355 e. The Morgan fingerprint density at radius 3 is 2.15 bits per heavy atom. The van der Waals surface area contributed by atoms with E-state index in [4.69, 9.17) is 0 Å². The molecule has 0 fully saturated rings. The molecule has 0 atom stereocenters. The number of aromatic nitrogens is 1. The summed E-state index contributed by atoms with van der Waals surface area (Å²) in [6.07, 6.45) is 7.13. The van der Waals surface area contributed by atoms with Crippen molar-refractivity contribution < 1.29 is 0 Å². The number of hydrogen-bond acceptors (Lipinski definition) is 0. The summed E-state index contributed by atoms with van der Waals surface area (Å²) in [4.78, 5) is 3.17. The van der Waals surface area contributed by atoms with Crippen molar-refractivity contribution in [1.82, 2.24) is 4.98 Å². The fourth-order valence-electron chi connectivity index (χ4n) is 1.25. The van der Waals surface area contributed by atoms with Gasteiger partial charge in [-0.05, 0) is 12.2 Å². The molecule has 0 spiro atoms. The van der Waals surface area contributed by atoms with E-state index in [0.717, 1.165) is 21.8 Å². The summed E-state index contributed by atoms with van der Waals surface area (Å²) in [6.45, 7) is 15.0. The zero-order chi connectivity index (χ0) is 9.84. The molecule has 0 aliphatic heterocycles. The van der Waals surface area contributed by atoms with Crippen LogP contribution in [-0.2, 0) is 0 Å². The molecule has 0 amide bonds. The van der Waals surface area contributed by atoms with Crippen molar-refractivity contribution in [2.75, 3.05) is 0 Å². The molecular formula is C12H13N. The molecule has 1 nitrogen and oxygen atoms in total. The first-order valence-corrected chi connectivity index (χ1v) is 4.03. The second-order valence-electron chi connectivity index (χ2n) is 2.66. The second kappa shape index (κ2) is 3.76. The maximum Gasteiger partial charge on any atom is 0.0458 e. The monoisotopic (exact) mass is 171 g/mol. The van der Waals surface area contributed by atoms with Crippen LogP contribution in [0.15, 0.2) is 25.8 Å². The van der Waals surface area contributed by atoms with Gasteiger partial charge >= 0.3 is 0 Å². The molecular weight excluding hydrogens is 158 g/mol. The normalized spacial score (nSPS) is 11.2. The van der Waals surface area contributed by atoms with Crippen LogP contribution in [0.3, 0.4) is 0 Å². The highest BCUT2D eigenvalue weighted by Crippen LogP contribution is 2.00. The molecule has 13 heavy (non-hydrogen) atoms. The van der Waals surface area contributed by atoms with E-state index in [2.05, 4.69) is 31.3 Å². The SMILES string of the molecule is C=C/C=c1/[nH]c(C=C)c(C=C)c1=C. The predicted molar refractivity (Wildman–Crippen MR) is 60.4 cm³/mol. The Balaban J connectivity index is 3.62. The smallest absolute Gasteiger partial charge is 0.0458 e. The fourth-order valence-corrected chi connectivity index (χ4v) is 1.25. The quantitative estimate of drug-likeness (QED) is 0.712. The molecule has 0 saturated carbocycles. The minimum absolute atomic E-state index is 0.935. The zero-order valence-corrected chi connectivity index (χ0v) is 7.64. The molecule has 1 aromatic rings. The summed E-state index contributed by atoms with van der Waals surface area (Å²) in [7, 11) is 0. The molecule has 0 aliphatic carbocycles. The van der Waals surface area contributed by atoms with Crippen LogP contribution < -0.4 is 10.6 Å². The average Bonchev–Trinajstić information content (AvgIpc) is 2.44. The maximum absolute atomic E-state index is 3.95. The molecule has 0 bridgehead atoms. The Morgan fingerprint density at radius 1 is 1.08 bits per heavy atom. The molecule has 1 N–H and O–H groups in total. The highest BCUT2D eigenvalue weighted by molar-refractivity contribution is 5.62. The summed E-state index contributed by atoms with van der Waals surface area (Å²) in [5.41, 5.74) is 1.95. The molecule has 1 rings (SSSR count). The van der Waals surface area contributed by atoms with Crippen LogP contribution in [-0.4, -0.2) is 4.98 Å². The fraction of sp³-hybridized carbons (Fsp3) is 0. The van der Waals surface area contributed by atoms with E-state index >= 15 is 0 Å². The van der Waals surface area contributed by atoms with Crippen molar-refractivity contribution in [1.29, 1.82) is 0 Å². The van der Waals surface area contributed by atoms with Crippen LogP contribution in [0.25, 0.3) is 24.8 Å². The van der Waals surface area contributed by atoms with Gasteiger partial charge in [-0.2, -0.15) is 0 Å². The Labute approximate surface area is 78.1 Å². The Kier molecular flexibility index (Phi) is 2.70. The van der Waals surface area contributed by atoms with Gasteiger partial charge in [-0.3, -0.25) is 0 Å². The highest BCUT2D eigenvalue weighted by atomic mass is 14.7. The van der Waals surface area contributed by atoms with E-state index in [1.165, 1.54) is 0 Å². The highest BCUT2D eigenvalue weighted by Gasteiger charge is 1.99. The third kappa shape index (κ3) is 1.54. The Hall–Kier alpha value is -1.76. The zero-order valence-electron chi connectivity index (χ0n) is 7.64. The van der Waals surface area contributed by atoms with Crippen LogP contribution in [0.5, 0.6) is 0 Å². The molecule has 0 aliphatic rings. The summed E-state index contributed by atoms with van der Waals surface area (Å²) >= 11 is 0. The van der Waals surface area contributed by atoms with Gasteiger partial charge in [0.2, 0.25) is 0 Å². The van der Waals surface area contributed by atoms with Crippen molar-refractivity contribution in [3.05, 3.63) is 47.6 Å². The van der Waals surface area contributed by atoms with Crippen molar-refractivity contribution in [3.63, 3.8) is 0 Å². The maximum atomic E-state index is 3.95. The van der Waals surface area contributed by atoms with Gasteiger partial charge in [-0.1, -0.05) is 38.5 Å². The molecule has 1 aromatic heterocycles. The summed E-state index contributed by atoms with van der Waals surface area (Å²) in [6, 6.07) is 0. The standard InChI is InChI=1S/C12H13N/c1-5-8-12-9(4)10(6-2)11(7-3)13-12/h5-8,13H,1-4H2/b12-8+. The number of rotatable bonds is 3. The molecule has 0 aromatic carbocycles. The van der Waals surface area contributed by atoms with Crippen LogP contribution in [0, 0.1) is 0 Å². The molecule has 66 valence electrons. The van der Waals surface area contributed by atoms with Gasteiger partial charge in [0.25, 0.3) is 0 Å². The van der Waals surface area contributed by atoms with Gasteiger partial charge in [0.1, 0.15) is 0 Å². The molecule has 0 radical (unpaired) electrons. The third-order valence-electron chi connectivity index (χ3n) is 1.90. The Bertz CT molecular complexity index is 446. The van der Waals surface area contributed by atoms with E-state index in [1.807, 2.05) is 6.08 Å². The number of hydrogen-bond donors (Lipinski definition) is 1. The van der Waals surface area contributed by atoms with Gasteiger partial charge in [0.05, 0.1) is 0 Å². The van der Waals surface area contributed by atoms with E-state index in [1.54, 1.807) is 18.2 Å². The van der Waals surface area contributed by atoms with Gasteiger partial charge in [0, 0.05) is 21.8 Å². The first-order chi connectivity index (χ1) is 6.24. The lowest BCUT2D eigenvalue weighted by Crippen LogP contribution is -2.21. The van der Waals surface area contributed by atoms with Crippen molar-refractivity contribution >= 4 is 24.8 Å². The first kappa shape index (κ1) is 9.33. The van der Waals surface area contributed by atoms with Crippen LogP contribution in [0.2, 0.25) is 0 Å². The lowest BCUT2D eigenvalue weighted by atomic mass is 10.2. The van der Waals surface area contributed by atoms with Crippen molar-refractivity contribution in [3.8, 4) is 0 Å². The van der Waals surface area contributed by atoms with Gasteiger partial charge in [-0.15, -0.1) is 0 Å². The van der Waals surface area contributed by atoms with E-state index in [-0.39, 0.29) is 0 Å². The van der Waals surface area contributed by atoms with Gasteiger partial charge < -0.3 is 4.98 Å². The third-order valence-corrected chi connectivity index (χ3v) is 1.90. The number of aromatic amines is 1. The number of nitrogens with one attached hydrogen (secondary N) is 1. The Morgan fingerprint density at radius 2 is 1.77 bits per heavy atom. The first-order valence-electron chi connectivity index (χ1n) is 4.03. The van der Waals surface area contributed by atoms with Crippen molar-refractivity contribution in [2.24, 2.45) is 0 Å². The van der Waals surface area contributed by atoms with Crippen LogP contribution in [0.1, 0.15) is 11.3 Å². The van der Waals surface area contributed by atoms with E-state index in [9.17, 15) is 0 Å². The number of H-pyrrole nitrogens is 1.